The van der Waals surface area contributed by atoms with E-state index in [1.807, 2.05) is 30.3 Å². The highest BCUT2D eigenvalue weighted by atomic mass is 19.1. The zero-order valence-electron chi connectivity index (χ0n) is 17.7. The first kappa shape index (κ1) is 20.3. The molecule has 0 aliphatic heterocycles. The zero-order valence-corrected chi connectivity index (χ0v) is 17.7. The van der Waals surface area contributed by atoms with Crippen molar-refractivity contribution in [2.24, 2.45) is 0 Å². The van der Waals surface area contributed by atoms with Gasteiger partial charge in [-0.25, -0.2) is 14.4 Å². The van der Waals surface area contributed by atoms with Crippen LogP contribution in [0.25, 0.3) is 33.3 Å². The lowest BCUT2D eigenvalue weighted by atomic mass is 9.97. The number of hydrogen-bond donors (Lipinski definition) is 0. The van der Waals surface area contributed by atoms with Gasteiger partial charge in [0.1, 0.15) is 17.9 Å². The normalized spacial score (nSPS) is 10.7. The second-order valence-corrected chi connectivity index (χ2v) is 7.51. The Morgan fingerprint density at radius 3 is 2.48 bits per heavy atom. The van der Waals surface area contributed by atoms with Gasteiger partial charge in [-0.3, -0.25) is 4.98 Å². The van der Waals surface area contributed by atoms with Crippen molar-refractivity contribution in [1.29, 1.82) is 5.26 Å². The van der Waals surface area contributed by atoms with Crippen LogP contribution in [-0.4, -0.2) is 15.0 Å². The Kier molecular flexibility index (Phi) is 5.21. The molecule has 0 fully saturated rings. The van der Waals surface area contributed by atoms with Gasteiger partial charge in [0, 0.05) is 17.3 Å². The smallest absolute Gasteiger partial charge is 0.230 e. The van der Waals surface area contributed by atoms with Gasteiger partial charge in [0.05, 0.1) is 28.2 Å². The number of ether oxygens (including phenoxy) is 1. The van der Waals surface area contributed by atoms with Crippen molar-refractivity contribution in [3.63, 3.8) is 0 Å². The Morgan fingerprint density at radius 1 is 0.879 bits per heavy atom. The predicted molar refractivity (Wildman–Crippen MR) is 124 cm³/mol. The van der Waals surface area contributed by atoms with Crippen LogP contribution < -0.4 is 4.74 Å². The third-order valence-corrected chi connectivity index (χ3v) is 5.35. The molecule has 0 saturated carbocycles. The Balaban J connectivity index is 1.60. The maximum Gasteiger partial charge on any atom is 0.230 e. The monoisotopic (exact) mass is 432 g/mol. The highest BCUT2D eigenvalue weighted by Crippen LogP contribution is 2.35. The van der Waals surface area contributed by atoms with Crippen molar-refractivity contribution >= 4 is 10.9 Å². The number of nitriles is 1. The molecule has 0 radical (unpaired) electrons. The van der Waals surface area contributed by atoms with Crippen LogP contribution >= 0.6 is 0 Å². The second-order valence-electron chi connectivity index (χ2n) is 7.51. The number of pyridine rings is 1. The fourth-order valence-electron chi connectivity index (χ4n) is 3.65. The lowest BCUT2D eigenvalue weighted by molar-refractivity contribution is 0.468. The van der Waals surface area contributed by atoms with Crippen LogP contribution in [0, 0.1) is 24.1 Å². The van der Waals surface area contributed by atoms with E-state index in [0.29, 0.717) is 22.8 Å². The van der Waals surface area contributed by atoms with Gasteiger partial charge in [-0.1, -0.05) is 12.1 Å². The average Bonchev–Trinajstić information content (AvgIpc) is 2.86. The summed E-state index contributed by atoms with van der Waals surface area (Å²) in [5, 5.41) is 9.74. The number of benzene rings is 3. The van der Waals surface area contributed by atoms with E-state index >= 15 is 0 Å². The molecule has 33 heavy (non-hydrogen) atoms. The van der Waals surface area contributed by atoms with Gasteiger partial charge in [-0.05, 0) is 78.7 Å². The van der Waals surface area contributed by atoms with Crippen molar-refractivity contribution in [3.05, 3.63) is 102 Å². The molecule has 0 atom stereocenters. The molecule has 0 amide bonds. The molecule has 0 N–H and O–H groups in total. The van der Waals surface area contributed by atoms with Crippen LogP contribution in [0.15, 0.2) is 85.3 Å². The summed E-state index contributed by atoms with van der Waals surface area (Å²) in [6, 6.07) is 23.6. The SMILES string of the molecule is Cc1cc(-c2ncccc2-c2ccc3ncnc(Oc4ccc(C#N)cc4)c3c2)ccc1F. The number of hydrogen-bond acceptors (Lipinski definition) is 5. The molecular formula is C27H17FN4O. The molecule has 2 heterocycles. The molecule has 5 aromatic rings. The number of rotatable bonds is 4. The molecule has 0 aliphatic carbocycles. The summed E-state index contributed by atoms with van der Waals surface area (Å²) in [4.78, 5) is 13.3. The van der Waals surface area contributed by atoms with Crippen molar-refractivity contribution < 1.29 is 9.13 Å². The van der Waals surface area contributed by atoms with E-state index in [9.17, 15) is 4.39 Å². The Labute approximate surface area is 189 Å². The average molecular weight is 432 g/mol. The topological polar surface area (TPSA) is 71.7 Å². The molecule has 0 bridgehead atoms. The molecule has 0 spiro atoms. The number of fused-ring (bicyclic) bond motifs is 1. The van der Waals surface area contributed by atoms with Crippen LogP contribution in [0.2, 0.25) is 0 Å². The zero-order chi connectivity index (χ0) is 22.8. The molecule has 5 rings (SSSR count). The minimum absolute atomic E-state index is 0.247. The van der Waals surface area contributed by atoms with Crippen LogP contribution in [-0.2, 0) is 0 Å². The van der Waals surface area contributed by atoms with E-state index in [1.54, 1.807) is 49.5 Å². The second kappa shape index (κ2) is 8.48. The summed E-state index contributed by atoms with van der Waals surface area (Å²) in [5.74, 6) is 0.738. The predicted octanol–water partition coefficient (Wildman–Crippen LogP) is 6.47. The van der Waals surface area contributed by atoms with Gasteiger partial charge in [0.15, 0.2) is 0 Å². The van der Waals surface area contributed by atoms with E-state index in [1.165, 1.54) is 12.4 Å². The summed E-state index contributed by atoms with van der Waals surface area (Å²) < 4.78 is 19.8. The summed E-state index contributed by atoms with van der Waals surface area (Å²) in [5.41, 5.74) is 5.26. The number of aryl methyl sites for hydroxylation is 1. The Bertz CT molecular complexity index is 1520. The van der Waals surface area contributed by atoms with Crippen LogP contribution in [0.4, 0.5) is 4.39 Å². The van der Waals surface area contributed by atoms with Crippen LogP contribution in [0.5, 0.6) is 11.6 Å². The highest BCUT2D eigenvalue weighted by Gasteiger charge is 2.13. The first-order valence-electron chi connectivity index (χ1n) is 10.3. The lowest BCUT2D eigenvalue weighted by Crippen LogP contribution is -1.94. The standard InChI is InChI=1S/C27H17FN4O/c1-17-13-20(6-10-24(17)28)26-22(3-2-12-30-26)19-7-11-25-23(14-19)27(32-16-31-25)33-21-8-4-18(15-29)5-9-21/h2-14,16H,1H3. The van der Waals surface area contributed by atoms with E-state index in [2.05, 4.69) is 21.0 Å². The van der Waals surface area contributed by atoms with Gasteiger partial charge in [-0.2, -0.15) is 5.26 Å². The minimum Gasteiger partial charge on any atom is -0.438 e. The summed E-state index contributed by atoms with van der Waals surface area (Å²) >= 11 is 0. The van der Waals surface area contributed by atoms with Crippen molar-refractivity contribution in [1.82, 2.24) is 15.0 Å². The van der Waals surface area contributed by atoms with Gasteiger partial charge in [-0.15, -0.1) is 0 Å². The van der Waals surface area contributed by atoms with E-state index in [4.69, 9.17) is 10.00 Å². The Hall–Kier alpha value is -4.63. The summed E-state index contributed by atoms with van der Waals surface area (Å²) in [6.07, 6.45) is 3.18. The molecule has 0 aliphatic rings. The fourth-order valence-corrected chi connectivity index (χ4v) is 3.65. The van der Waals surface area contributed by atoms with Gasteiger partial charge in [0.2, 0.25) is 5.88 Å². The van der Waals surface area contributed by atoms with Crippen LogP contribution in [0.3, 0.4) is 0 Å². The molecule has 158 valence electrons. The number of halogens is 1. The molecular weight excluding hydrogens is 415 g/mol. The molecule has 0 unspecified atom stereocenters. The van der Waals surface area contributed by atoms with E-state index < -0.39 is 0 Å². The summed E-state index contributed by atoms with van der Waals surface area (Å²) in [6.45, 7) is 1.74. The van der Waals surface area contributed by atoms with Crippen molar-refractivity contribution in [2.45, 2.75) is 6.92 Å². The summed E-state index contributed by atoms with van der Waals surface area (Å²) in [7, 11) is 0. The van der Waals surface area contributed by atoms with Gasteiger partial charge in [0.25, 0.3) is 0 Å². The molecule has 3 aromatic carbocycles. The quantitative estimate of drug-likeness (QED) is 0.325. The van der Waals surface area contributed by atoms with Crippen molar-refractivity contribution in [3.8, 4) is 40.1 Å². The third-order valence-electron chi connectivity index (χ3n) is 5.35. The first-order chi connectivity index (χ1) is 16.1. The minimum atomic E-state index is -0.247. The van der Waals surface area contributed by atoms with Gasteiger partial charge >= 0.3 is 0 Å². The van der Waals surface area contributed by atoms with Gasteiger partial charge < -0.3 is 4.74 Å². The number of aromatic nitrogens is 3. The van der Waals surface area contributed by atoms with Crippen LogP contribution in [0.1, 0.15) is 11.1 Å². The third kappa shape index (κ3) is 4.00. The number of nitrogens with zero attached hydrogens (tertiary/aromatic N) is 4. The Morgan fingerprint density at radius 2 is 1.70 bits per heavy atom. The maximum absolute atomic E-state index is 13.8. The fraction of sp³-hybridized carbons (Fsp3) is 0.0370. The van der Waals surface area contributed by atoms with Crippen molar-refractivity contribution in [2.75, 3.05) is 0 Å². The van der Waals surface area contributed by atoms with E-state index in [0.717, 1.165) is 33.3 Å². The highest BCUT2D eigenvalue weighted by molar-refractivity contribution is 5.91. The largest absolute Gasteiger partial charge is 0.438 e. The molecule has 5 nitrogen and oxygen atoms in total. The maximum atomic E-state index is 13.8. The van der Waals surface area contributed by atoms with E-state index in [-0.39, 0.29) is 5.82 Å². The lowest BCUT2D eigenvalue weighted by Gasteiger charge is -2.12. The molecule has 6 heteroatoms. The first-order valence-corrected chi connectivity index (χ1v) is 10.3. The molecule has 2 aromatic heterocycles. The molecule has 0 saturated heterocycles.